The van der Waals surface area contributed by atoms with E-state index in [1.165, 1.54) is 24.0 Å². The lowest BCUT2D eigenvalue weighted by Gasteiger charge is -2.26. The van der Waals surface area contributed by atoms with Crippen molar-refractivity contribution in [1.82, 2.24) is 4.98 Å². The van der Waals surface area contributed by atoms with Crippen LogP contribution in [-0.4, -0.2) is 18.1 Å². The van der Waals surface area contributed by atoms with Gasteiger partial charge in [0.15, 0.2) is 5.82 Å². The smallest absolute Gasteiger partial charge is 0.346 e. The lowest BCUT2D eigenvalue weighted by molar-refractivity contribution is -0.830. The van der Waals surface area contributed by atoms with Crippen molar-refractivity contribution in [2.75, 3.05) is 29.5 Å². The van der Waals surface area contributed by atoms with Gasteiger partial charge in [-0.15, -0.1) is 0 Å². The second kappa shape index (κ2) is 4.65. The minimum absolute atomic E-state index is 0.204. The van der Waals surface area contributed by atoms with E-state index in [0.717, 1.165) is 18.9 Å². The number of thiol groups is 1. The Hall–Kier alpha value is -1.37. The first-order valence-corrected chi connectivity index (χ1v) is 5.64. The molecule has 1 aliphatic rings. The zero-order valence-electron chi connectivity index (χ0n) is 8.96. The molecule has 0 amide bonds. The molecule has 88 valence electrons. The molecule has 0 bridgehead atoms. The average Bonchev–Trinajstić information content (AvgIpc) is 2.30. The van der Waals surface area contributed by atoms with Crippen LogP contribution in [0.4, 0.5) is 17.6 Å². The van der Waals surface area contributed by atoms with Gasteiger partial charge in [-0.2, -0.15) is 0 Å². The van der Waals surface area contributed by atoms with Gasteiger partial charge in [-0.3, -0.25) is 4.28 Å². The fourth-order valence-corrected chi connectivity index (χ4v) is 2.07. The molecule has 0 spiro atoms. The molecule has 7 heteroatoms. The van der Waals surface area contributed by atoms with Crippen LogP contribution in [0.25, 0.3) is 0 Å². The Morgan fingerprint density at radius 2 is 2.00 bits per heavy atom. The van der Waals surface area contributed by atoms with Gasteiger partial charge in [-0.1, -0.05) is 4.98 Å². The monoisotopic (exact) mass is 242 g/mol. The Morgan fingerprint density at radius 3 is 2.56 bits per heavy atom. The highest BCUT2D eigenvalue weighted by Crippen LogP contribution is 2.18. The number of nitrogens with zero attached hydrogens (tertiary/aromatic N) is 3. The number of rotatable bonds is 2. The number of piperidine rings is 1. The van der Waals surface area contributed by atoms with Gasteiger partial charge in [0.25, 0.3) is 0 Å². The van der Waals surface area contributed by atoms with Crippen LogP contribution in [0.2, 0.25) is 0 Å². The molecule has 1 fully saturated rings. The standard InChI is InChI=1S/C9H15N5OS/c10-7-6-8(12-9(11)14(7)15-16)13-4-2-1-3-5-13/h6H,1-5H2,(H4,10,11,12,16)/p+1. The van der Waals surface area contributed by atoms with Gasteiger partial charge in [-0.05, 0) is 24.0 Å². The summed E-state index contributed by atoms with van der Waals surface area (Å²) in [7, 11) is 0. The Kier molecular flexibility index (Phi) is 3.23. The summed E-state index contributed by atoms with van der Waals surface area (Å²) < 4.78 is 5.88. The van der Waals surface area contributed by atoms with Crippen LogP contribution >= 0.6 is 12.9 Å². The first kappa shape index (κ1) is 11.1. The van der Waals surface area contributed by atoms with Crippen molar-refractivity contribution in [3.8, 4) is 0 Å². The number of hydrogen-bond acceptors (Lipinski definition) is 6. The summed E-state index contributed by atoms with van der Waals surface area (Å²) in [5.41, 5.74) is 11.5. The van der Waals surface area contributed by atoms with E-state index < -0.39 is 0 Å². The Balaban J connectivity index is 2.28. The molecule has 2 rings (SSSR count). The zero-order valence-corrected chi connectivity index (χ0v) is 9.86. The third-order valence-corrected chi connectivity index (χ3v) is 2.87. The van der Waals surface area contributed by atoms with E-state index in [1.807, 2.05) is 0 Å². The van der Waals surface area contributed by atoms with Gasteiger partial charge < -0.3 is 16.4 Å². The predicted octanol–water partition coefficient (Wildman–Crippen LogP) is -0.203. The third kappa shape index (κ3) is 2.08. The predicted molar refractivity (Wildman–Crippen MR) is 64.9 cm³/mol. The van der Waals surface area contributed by atoms with E-state index in [2.05, 4.69) is 22.8 Å². The minimum atomic E-state index is 0.204. The summed E-state index contributed by atoms with van der Waals surface area (Å²) >= 11 is 3.66. The van der Waals surface area contributed by atoms with Gasteiger partial charge in [0.2, 0.25) is 5.82 Å². The van der Waals surface area contributed by atoms with Crippen molar-refractivity contribution in [3.05, 3.63) is 6.07 Å². The Labute approximate surface area is 99.8 Å². The summed E-state index contributed by atoms with van der Waals surface area (Å²) in [5, 5.41) is 0. The van der Waals surface area contributed by atoms with Crippen LogP contribution in [0.5, 0.6) is 0 Å². The van der Waals surface area contributed by atoms with Gasteiger partial charge in [0, 0.05) is 13.1 Å². The Morgan fingerprint density at radius 1 is 1.31 bits per heavy atom. The van der Waals surface area contributed by atoms with Gasteiger partial charge in [0.05, 0.1) is 19.0 Å². The molecule has 2 heterocycles. The lowest BCUT2D eigenvalue weighted by atomic mass is 10.1. The van der Waals surface area contributed by atoms with Crippen LogP contribution in [0.3, 0.4) is 0 Å². The summed E-state index contributed by atoms with van der Waals surface area (Å²) in [6.07, 6.45) is 3.63. The first-order chi connectivity index (χ1) is 7.72. The fourth-order valence-electron chi connectivity index (χ4n) is 1.89. The van der Waals surface area contributed by atoms with E-state index in [-0.39, 0.29) is 5.95 Å². The van der Waals surface area contributed by atoms with Crippen LogP contribution < -0.4 is 25.4 Å². The molecule has 16 heavy (non-hydrogen) atoms. The van der Waals surface area contributed by atoms with E-state index in [9.17, 15) is 0 Å². The van der Waals surface area contributed by atoms with E-state index in [0.29, 0.717) is 5.82 Å². The molecule has 1 aromatic heterocycles. The normalized spacial score (nSPS) is 16.2. The van der Waals surface area contributed by atoms with Gasteiger partial charge in [0.1, 0.15) is 0 Å². The van der Waals surface area contributed by atoms with E-state index >= 15 is 0 Å². The van der Waals surface area contributed by atoms with Gasteiger partial charge >= 0.3 is 5.95 Å². The topological polar surface area (TPSA) is 81.3 Å². The molecule has 1 aliphatic heterocycles. The summed E-state index contributed by atoms with van der Waals surface area (Å²) in [6.45, 7) is 2.00. The Bertz CT molecular complexity index is 357. The van der Waals surface area contributed by atoms with Crippen molar-refractivity contribution in [3.63, 3.8) is 0 Å². The maximum Gasteiger partial charge on any atom is 0.384 e. The van der Waals surface area contributed by atoms with Crippen molar-refractivity contribution in [2.45, 2.75) is 19.3 Å². The van der Waals surface area contributed by atoms with Crippen LogP contribution in [0.15, 0.2) is 6.07 Å². The number of hydrogen-bond donors (Lipinski definition) is 3. The lowest BCUT2D eigenvalue weighted by Crippen LogP contribution is -2.45. The molecule has 0 atom stereocenters. The summed E-state index contributed by atoms with van der Waals surface area (Å²) in [4.78, 5) is 6.42. The van der Waals surface area contributed by atoms with Crippen LogP contribution in [-0.2, 0) is 0 Å². The second-order valence-electron chi connectivity index (χ2n) is 3.82. The van der Waals surface area contributed by atoms with Gasteiger partial charge in [-0.25, -0.2) is 0 Å². The third-order valence-electron chi connectivity index (χ3n) is 2.71. The molecule has 0 saturated carbocycles. The van der Waals surface area contributed by atoms with Crippen LogP contribution in [0.1, 0.15) is 19.3 Å². The molecule has 0 aliphatic carbocycles. The van der Waals surface area contributed by atoms with Crippen molar-refractivity contribution >= 4 is 30.5 Å². The molecule has 0 aromatic carbocycles. The van der Waals surface area contributed by atoms with E-state index in [4.69, 9.17) is 15.8 Å². The van der Waals surface area contributed by atoms with Crippen molar-refractivity contribution in [2.24, 2.45) is 0 Å². The van der Waals surface area contributed by atoms with Crippen molar-refractivity contribution < 1.29 is 9.01 Å². The molecule has 4 N–H and O–H groups in total. The van der Waals surface area contributed by atoms with Crippen LogP contribution in [0, 0.1) is 0 Å². The van der Waals surface area contributed by atoms with E-state index in [1.54, 1.807) is 6.07 Å². The molecular weight excluding hydrogens is 226 g/mol. The second-order valence-corrected chi connectivity index (χ2v) is 3.98. The maximum absolute atomic E-state index is 5.78. The molecular formula is C9H16N5OS+. The molecule has 6 nitrogen and oxygen atoms in total. The average molecular weight is 242 g/mol. The highest BCUT2D eigenvalue weighted by atomic mass is 32.1. The largest absolute Gasteiger partial charge is 0.384 e. The number of nitrogens with two attached hydrogens (primary N) is 2. The molecule has 0 radical (unpaired) electrons. The zero-order chi connectivity index (χ0) is 11.5. The number of aromatic nitrogens is 2. The molecule has 1 saturated heterocycles. The number of nitrogen functional groups attached to an aromatic ring is 2. The molecule has 1 aromatic rings. The van der Waals surface area contributed by atoms with Crippen molar-refractivity contribution in [1.29, 1.82) is 0 Å². The highest BCUT2D eigenvalue weighted by molar-refractivity contribution is 7.75. The maximum atomic E-state index is 5.78. The first-order valence-electron chi connectivity index (χ1n) is 5.27. The summed E-state index contributed by atoms with van der Waals surface area (Å²) in [6, 6.07) is 1.75. The minimum Gasteiger partial charge on any atom is -0.346 e. The number of anilines is 3. The molecule has 0 unspecified atom stereocenters. The quantitative estimate of drug-likeness (QED) is 0.380. The highest BCUT2D eigenvalue weighted by Gasteiger charge is 2.19. The SMILES string of the molecule is Nc1cc(N2CCCCC2)nc(N)[n+]1OS. The fraction of sp³-hybridized carbons (Fsp3) is 0.556. The summed E-state index contributed by atoms with van der Waals surface area (Å²) in [5.74, 6) is 1.40.